The Labute approximate surface area is 76.8 Å². The van der Waals surface area contributed by atoms with Crippen molar-refractivity contribution in [2.24, 2.45) is 5.92 Å². The summed E-state index contributed by atoms with van der Waals surface area (Å²) in [5, 5.41) is 7.52. The van der Waals surface area contributed by atoms with Crippen molar-refractivity contribution in [1.82, 2.24) is 0 Å². The van der Waals surface area contributed by atoms with Crippen molar-refractivity contribution in [3.63, 3.8) is 0 Å². The predicted molar refractivity (Wildman–Crippen MR) is 47.9 cm³/mol. The number of aliphatic carboxylic acids is 1. The molecule has 2 nitrogen and oxygen atoms in total. The molecule has 1 saturated carbocycles. The van der Waals surface area contributed by atoms with Gasteiger partial charge in [-0.3, -0.25) is 0 Å². The van der Waals surface area contributed by atoms with Crippen LogP contribution in [-0.4, -0.2) is 11.1 Å². The molecule has 1 N–H and O–H groups in total. The molecule has 0 aliphatic heterocycles. The Morgan fingerprint density at radius 3 is 2.38 bits per heavy atom. The minimum Gasteiger partial charge on any atom is -0.476 e. The molecule has 0 radical (unpaired) electrons. The van der Waals surface area contributed by atoms with Gasteiger partial charge >= 0.3 is 5.97 Å². The number of carbonyl (C=O) groups is 1. The molecule has 2 aliphatic rings. The zero-order valence-electron chi connectivity index (χ0n) is 7.42. The number of allylic oxidation sites excluding steroid dienone is 2. The Bertz CT molecular complexity index is 244. The Kier molecular flexibility index (Phi) is 3.23. The molecule has 1 unspecified atom stereocenters. The highest BCUT2D eigenvalue weighted by Crippen LogP contribution is 2.38. The SMILES string of the molecule is C1=C2CCC(C1)C2.C=C(F)C(=O)O. The summed E-state index contributed by atoms with van der Waals surface area (Å²) in [4.78, 5) is 9.22. The molecule has 72 valence electrons. The third-order valence-corrected chi connectivity index (χ3v) is 2.40. The average Bonchev–Trinajstić information content (AvgIpc) is 2.67. The molecule has 0 aromatic heterocycles. The first kappa shape index (κ1) is 9.96. The smallest absolute Gasteiger partial charge is 0.364 e. The summed E-state index contributed by atoms with van der Waals surface area (Å²) >= 11 is 0. The van der Waals surface area contributed by atoms with E-state index < -0.39 is 11.8 Å². The molecule has 3 heteroatoms. The van der Waals surface area contributed by atoms with Gasteiger partial charge in [0.2, 0.25) is 5.83 Å². The number of hydrogen-bond acceptors (Lipinski definition) is 1. The number of fused-ring (bicyclic) bond motifs is 2. The molecule has 2 bridgehead atoms. The van der Waals surface area contributed by atoms with Gasteiger partial charge in [-0.15, -0.1) is 0 Å². The number of hydrogen-bond donors (Lipinski definition) is 1. The normalized spacial score (nSPS) is 23.2. The standard InChI is InChI=1S/C7H10.C3H3FO2/c1-2-7-4-3-6(1)5-7;1-2(4)3(5)6/h1,7H,2-5H2;1H2,(H,5,6). The van der Waals surface area contributed by atoms with Crippen LogP contribution in [0.5, 0.6) is 0 Å². The van der Waals surface area contributed by atoms with E-state index in [1.54, 1.807) is 5.57 Å². The van der Waals surface area contributed by atoms with Crippen LogP contribution in [0, 0.1) is 5.92 Å². The van der Waals surface area contributed by atoms with Gasteiger partial charge in [-0.1, -0.05) is 18.2 Å². The fraction of sp³-hybridized carbons (Fsp3) is 0.500. The largest absolute Gasteiger partial charge is 0.476 e. The van der Waals surface area contributed by atoms with Crippen LogP contribution in [0.15, 0.2) is 24.1 Å². The van der Waals surface area contributed by atoms with Gasteiger partial charge in [0.05, 0.1) is 0 Å². The van der Waals surface area contributed by atoms with E-state index in [1.807, 2.05) is 0 Å². The first-order valence-corrected chi connectivity index (χ1v) is 4.35. The first-order chi connectivity index (χ1) is 6.09. The molecular weight excluding hydrogens is 171 g/mol. The maximum absolute atomic E-state index is 11.0. The van der Waals surface area contributed by atoms with Gasteiger partial charge in [-0.05, 0) is 31.6 Å². The van der Waals surface area contributed by atoms with Gasteiger partial charge in [0.15, 0.2) is 0 Å². The zero-order valence-corrected chi connectivity index (χ0v) is 7.42. The number of halogens is 1. The van der Waals surface area contributed by atoms with Crippen LogP contribution in [0.1, 0.15) is 25.7 Å². The van der Waals surface area contributed by atoms with Gasteiger partial charge < -0.3 is 5.11 Å². The predicted octanol–water partition coefficient (Wildman–Crippen LogP) is 2.67. The quantitative estimate of drug-likeness (QED) is 0.502. The lowest BCUT2D eigenvalue weighted by atomic mass is 10.1. The van der Waals surface area contributed by atoms with Crippen molar-refractivity contribution in [2.45, 2.75) is 25.7 Å². The summed E-state index contributed by atoms with van der Waals surface area (Å²) in [6.45, 7) is 2.49. The summed E-state index contributed by atoms with van der Waals surface area (Å²) in [5.41, 5.74) is 1.74. The summed E-state index contributed by atoms with van der Waals surface area (Å²) in [7, 11) is 0. The molecule has 0 amide bonds. The fourth-order valence-corrected chi connectivity index (χ4v) is 1.68. The molecule has 2 rings (SSSR count). The Morgan fingerprint density at radius 2 is 2.31 bits per heavy atom. The summed E-state index contributed by atoms with van der Waals surface area (Å²) < 4.78 is 11.0. The van der Waals surface area contributed by atoms with Crippen LogP contribution in [0.4, 0.5) is 4.39 Å². The van der Waals surface area contributed by atoms with Crippen molar-refractivity contribution >= 4 is 5.97 Å². The van der Waals surface area contributed by atoms with Crippen LogP contribution < -0.4 is 0 Å². The molecule has 0 heterocycles. The lowest BCUT2D eigenvalue weighted by molar-refractivity contribution is -0.134. The van der Waals surface area contributed by atoms with Crippen molar-refractivity contribution in [3.8, 4) is 0 Å². The fourth-order valence-electron chi connectivity index (χ4n) is 1.68. The maximum Gasteiger partial charge on any atom is 0.364 e. The summed E-state index contributed by atoms with van der Waals surface area (Å²) in [6, 6.07) is 0. The van der Waals surface area contributed by atoms with Crippen molar-refractivity contribution < 1.29 is 14.3 Å². The molecule has 2 aliphatic carbocycles. The topological polar surface area (TPSA) is 37.3 Å². The van der Waals surface area contributed by atoms with Crippen LogP contribution >= 0.6 is 0 Å². The summed E-state index contributed by atoms with van der Waals surface area (Å²) in [6.07, 6.45) is 8.18. The van der Waals surface area contributed by atoms with Crippen LogP contribution in [0.2, 0.25) is 0 Å². The molecule has 0 aromatic rings. The summed E-state index contributed by atoms with van der Waals surface area (Å²) in [5.74, 6) is -1.85. The van der Waals surface area contributed by atoms with E-state index >= 15 is 0 Å². The highest BCUT2D eigenvalue weighted by Gasteiger charge is 2.22. The molecular formula is C10H13FO2. The van der Waals surface area contributed by atoms with Crippen LogP contribution in [-0.2, 0) is 4.79 Å². The Balaban J connectivity index is 0.000000133. The first-order valence-electron chi connectivity index (χ1n) is 4.35. The maximum atomic E-state index is 11.0. The van der Waals surface area contributed by atoms with Crippen molar-refractivity contribution in [1.29, 1.82) is 0 Å². The third-order valence-electron chi connectivity index (χ3n) is 2.40. The molecule has 0 spiro atoms. The van der Waals surface area contributed by atoms with Gasteiger partial charge in [-0.25, -0.2) is 4.79 Å². The minimum absolute atomic E-state index is 1.08. The molecule has 13 heavy (non-hydrogen) atoms. The van der Waals surface area contributed by atoms with E-state index in [0.29, 0.717) is 0 Å². The number of carboxylic acids is 1. The van der Waals surface area contributed by atoms with E-state index in [1.165, 1.54) is 25.7 Å². The van der Waals surface area contributed by atoms with Gasteiger partial charge in [0.1, 0.15) is 0 Å². The molecule has 0 saturated heterocycles. The Hall–Kier alpha value is -1.12. The molecule has 0 aromatic carbocycles. The molecule has 1 atom stereocenters. The second-order valence-electron chi connectivity index (χ2n) is 3.42. The van der Waals surface area contributed by atoms with E-state index in [-0.39, 0.29) is 0 Å². The monoisotopic (exact) mass is 184 g/mol. The van der Waals surface area contributed by atoms with Gasteiger partial charge in [0.25, 0.3) is 0 Å². The lowest BCUT2D eigenvalue weighted by Crippen LogP contribution is -1.90. The van der Waals surface area contributed by atoms with Crippen LogP contribution in [0.25, 0.3) is 0 Å². The van der Waals surface area contributed by atoms with E-state index in [0.717, 1.165) is 5.92 Å². The second kappa shape index (κ2) is 4.21. The minimum atomic E-state index is -1.60. The van der Waals surface area contributed by atoms with Gasteiger partial charge in [-0.2, -0.15) is 4.39 Å². The average molecular weight is 184 g/mol. The molecule has 1 fully saturated rings. The number of carboxylic acid groups (broad SMARTS) is 1. The highest BCUT2D eigenvalue weighted by molar-refractivity contribution is 5.82. The second-order valence-corrected chi connectivity index (χ2v) is 3.42. The van der Waals surface area contributed by atoms with Crippen molar-refractivity contribution in [3.05, 3.63) is 24.1 Å². The Morgan fingerprint density at radius 1 is 1.69 bits per heavy atom. The van der Waals surface area contributed by atoms with Gasteiger partial charge in [0, 0.05) is 0 Å². The third kappa shape index (κ3) is 3.01. The lowest BCUT2D eigenvalue weighted by Gasteiger charge is -1.98. The van der Waals surface area contributed by atoms with E-state index in [4.69, 9.17) is 5.11 Å². The highest BCUT2D eigenvalue weighted by atomic mass is 19.1. The van der Waals surface area contributed by atoms with Crippen LogP contribution in [0.3, 0.4) is 0 Å². The van der Waals surface area contributed by atoms with Crippen molar-refractivity contribution in [2.75, 3.05) is 0 Å². The van der Waals surface area contributed by atoms with E-state index in [2.05, 4.69) is 12.7 Å². The zero-order chi connectivity index (χ0) is 9.84. The van der Waals surface area contributed by atoms with E-state index in [9.17, 15) is 9.18 Å². The number of rotatable bonds is 1.